The van der Waals surface area contributed by atoms with Crippen molar-refractivity contribution in [2.24, 2.45) is 0 Å². The number of benzene rings is 2. The van der Waals surface area contributed by atoms with E-state index in [9.17, 15) is 12.8 Å². The smallest absolute Gasteiger partial charge is 0.175 e. The van der Waals surface area contributed by atoms with Crippen molar-refractivity contribution >= 4 is 15.5 Å². The third kappa shape index (κ3) is 3.57. The molecule has 5 heteroatoms. The van der Waals surface area contributed by atoms with Crippen LogP contribution in [0, 0.1) is 12.7 Å². The summed E-state index contributed by atoms with van der Waals surface area (Å²) in [5, 5.41) is 2.92. The molecule has 0 aliphatic heterocycles. The van der Waals surface area contributed by atoms with E-state index in [1.165, 1.54) is 12.1 Å². The molecule has 0 aromatic heterocycles. The number of sulfone groups is 1. The van der Waals surface area contributed by atoms with Crippen LogP contribution in [0.25, 0.3) is 0 Å². The van der Waals surface area contributed by atoms with E-state index in [-0.39, 0.29) is 10.6 Å². The normalized spacial score (nSPS) is 11.3. The Bertz CT molecular complexity index is 709. The van der Waals surface area contributed by atoms with E-state index in [1.54, 1.807) is 0 Å². The van der Waals surface area contributed by atoms with Crippen LogP contribution < -0.4 is 5.32 Å². The van der Waals surface area contributed by atoms with Gasteiger partial charge in [0.25, 0.3) is 0 Å². The molecule has 2 rings (SSSR count). The van der Waals surface area contributed by atoms with Crippen molar-refractivity contribution in [2.45, 2.75) is 18.4 Å². The largest absolute Gasteiger partial charge is 0.379 e. The molecule has 3 nitrogen and oxygen atoms in total. The lowest BCUT2D eigenvalue weighted by atomic mass is 10.1. The van der Waals surface area contributed by atoms with Crippen LogP contribution in [0.4, 0.5) is 10.1 Å². The summed E-state index contributed by atoms with van der Waals surface area (Å²) in [4.78, 5) is 0.102. The molecule has 106 valence electrons. The van der Waals surface area contributed by atoms with Gasteiger partial charge in [-0.25, -0.2) is 12.8 Å². The summed E-state index contributed by atoms with van der Waals surface area (Å²) in [6, 6.07) is 11.6. The number of hydrogen-bond acceptors (Lipinski definition) is 3. The number of anilines is 1. The summed E-state index contributed by atoms with van der Waals surface area (Å²) in [7, 11) is -3.34. The van der Waals surface area contributed by atoms with E-state index in [0.717, 1.165) is 23.4 Å². The van der Waals surface area contributed by atoms with Gasteiger partial charge in [-0.2, -0.15) is 0 Å². The van der Waals surface area contributed by atoms with Crippen LogP contribution >= 0.6 is 0 Å². The lowest BCUT2D eigenvalue weighted by Gasteiger charge is -2.09. The van der Waals surface area contributed by atoms with Crippen LogP contribution in [0.3, 0.4) is 0 Å². The molecule has 0 saturated heterocycles. The van der Waals surface area contributed by atoms with Crippen LogP contribution in [0.5, 0.6) is 0 Å². The summed E-state index contributed by atoms with van der Waals surface area (Å²) in [5.41, 5.74) is 2.34. The van der Waals surface area contributed by atoms with Gasteiger partial charge in [-0.3, -0.25) is 0 Å². The summed E-state index contributed by atoms with van der Waals surface area (Å²) < 4.78 is 36.6. The van der Waals surface area contributed by atoms with Crippen LogP contribution in [0.1, 0.15) is 11.1 Å². The molecular weight excluding hydrogens is 277 g/mol. The van der Waals surface area contributed by atoms with E-state index in [0.29, 0.717) is 6.54 Å². The molecule has 0 amide bonds. The first-order chi connectivity index (χ1) is 9.36. The van der Waals surface area contributed by atoms with Crippen molar-refractivity contribution in [1.29, 1.82) is 0 Å². The Morgan fingerprint density at radius 3 is 2.35 bits per heavy atom. The minimum Gasteiger partial charge on any atom is -0.379 e. The molecule has 1 N–H and O–H groups in total. The van der Waals surface area contributed by atoms with Crippen molar-refractivity contribution in [3.63, 3.8) is 0 Å². The number of rotatable bonds is 4. The summed E-state index contributed by atoms with van der Waals surface area (Å²) in [5.74, 6) is -0.468. The van der Waals surface area contributed by atoms with Gasteiger partial charge in [0, 0.05) is 12.8 Å². The highest BCUT2D eigenvalue weighted by Crippen LogP contribution is 2.20. The average molecular weight is 293 g/mol. The van der Waals surface area contributed by atoms with Gasteiger partial charge in [0.1, 0.15) is 5.82 Å². The van der Waals surface area contributed by atoms with Gasteiger partial charge in [0.15, 0.2) is 9.84 Å². The van der Waals surface area contributed by atoms with E-state index >= 15 is 0 Å². The van der Waals surface area contributed by atoms with E-state index in [2.05, 4.69) is 5.32 Å². The fourth-order valence-electron chi connectivity index (χ4n) is 1.77. The molecule has 0 unspecified atom stereocenters. The molecule has 0 radical (unpaired) electrons. The zero-order valence-corrected chi connectivity index (χ0v) is 12.2. The average Bonchev–Trinajstić information content (AvgIpc) is 2.38. The lowest BCUT2D eigenvalue weighted by Crippen LogP contribution is -2.04. The maximum atomic E-state index is 13.7. The van der Waals surface area contributed by atoms with Crippen LogP contribution in [0.15, 0.2) is 47.4 Å². The number of nitrogens with one attached hydrogen (secondary N) is 1. The second kappa shape index (κ2) is 5.63. The number of aryl methyl sites for hydroxylation is 1. The van der Waals surface area contributed by atoms with Crippen LogP contribution in [-0.2, 0) is 16.4 Å². The quantitative estimate of drug-likeness (QED) is 0.881. The highest BCUT2D eigenvalue weighted by molar-refractivity contribution is 7.90. The zero-order chi connectivity index (χ0) is 14.8. The maximum Gasteiger partial charge on any atom is 0.175 e. The molecule has 0 bridgehead atoms. The molecule has 2 aromatic carbocycles. The molecule has 0 saturated carbocycles. The van der Waals surface area contributed by atoms with Crippen molar-refractivity contribution in [1.82, 2.24) is 0 Å². The Kier molecular flexibility index (Phi) is 4.09. The first kappa shape index (κ1) is 14.5. The number of hydrogen-bond donors (Lipinski definition) is 1. The van der Waals surface area contributed by atoms with Crippen LogP contribution in [0.2, 0.25) is 0 Å². The van der Waals surface area contributed by atoms with E-state index in [4.69, 9.17) is 0 Å². The second-order valence-electron chi connectivity index (χ2n) is 4.75. The minimum absolute atomic E-state index is 0.102. The first-order valence-electron chi connectivity index (χ1n) is 6.15. The van der Waals surface area contributed by atoms with Gasteiger partial charge in [0.05, 0.1) is 10.6 Å². The predicted octanol–water partition coefficient (Wildman–Crippen LogP) is 3.15. The van der Waals surface area contributed by atoms with Gasteiger partial charge in [-0.05, 0) is 30.7 Å². The van der Waals surface area contributed by atoms with Crippen molar-refractivity contribution in [2.75, 3.05) is 11.6 Å². The second-order valence-corrected chi connectivity index (χ2v) is 6.77. The van der Waals surface area contributed by atoms with Gasteiger partial charge in [-0.1, -0.05) is 29.8 Å². The Morgan fingerprint density at radius 2 is 1.75 bits per heavy atom. The van der Waals surface area contributed by atoms with Crippen LogP contribution in [-0.4, -0.2) is 14.7 Å². The Balaban J connectivity index is 2.19. The Labute approximate surface area is 118 Å². The highest BCUT2D eigenvalue weighted by Gasteiger charge is 2.10. The fraction of sp³-hybridized carbons (Fsp3) is 0.200. The molecule has 0 aliphatic carbocycles. The monoisotopic (exact) mass is 293 g/mol. The Hall–Kier alpha value is -1.88. The predicted molar refractivity (Wildman–Crippen MR) is 78.0 cm³/mol. The molecule has 0 aliphatic rings. The maximum absolute atomic E-state index is 13.7. The molecular formula is C15H16FNO2S. The van der Waals surface area contributed by atoms with E-state index in [1.807, 2.05) is 31.2 Å². The number of halogens is 1. The summed E-state index contributed by atoms with van der Waals surface area (Å²) in [6.07, 6.45) is 1.10. The molecule has 0 spiro atoms. The van der Waals surface area contributed by atoms with Gasteiger partial charge < -0.3 is 5.32 Å². The Morgan fingerprint density at radius 1 is 1.10 bits per heavy atom. The molecule has 0 fully saturated rings. The highest BCUT2D eigenvalue weighted by atomic mass is 32.2. The van der Waals surface area contributed by atoms with Crippen molar-refractivity contribution in [3.8, 4) is 0 Å². The van der Waals surface area contributed by atoms with Gasteiger partial charge >= 0.3 is 0 Å². The third-order valence-corrected chi connectivity index (χ3v) is 4.08. The fourth-order valence-corrected chi connectivity index (χ4v) is 2.42. The standard InChI is InChI=1S/C15H16FNO2S/c1-11-3-5-12(6-4-11)10-17-15-9-13(20(2,18)19)7-8-14(15)16/h3-9,17H,10H2,1-2H3. The molecule has 20 heavy (non-hydrogen) atoms. The topological polar surface area (TPSA) is 46.2 Å². The molecule has 0 heterocycles. The SMILES string of the molecule is Cc1ccc(CNc2cc(S(C)(=O)=O)ccc2F)cc1. The summed E-state index contributed by atoms with van der Waals surface area (Å²) >= 11 is 0. The van der Waals surface area contributed by atoms with Gasteiger partial charge in [-0.15, -0.1) is 0 Å². The lowest BCUT2D eigenvalue weighted by molar-refractivity contribution is 0.600. The zero-order valence-electron chi connectivity index (χ0n) is 11.4. The van der Waals surface area contributed by atoms with E-state index < -0.39 is 15.7 Å². The summed E-state index contributed by atoms with van der Waals surface area (Å²) in [6.45, 7) is 2.43. The third-order valence-electron chi connectivity index (χ3n) is 2.97. The molecule has 2 aromatic rings. The van der Waals surface area contributed by atoms with Crippen molar-refractivity contribution < 1.29 is 12.8 Å². The minimum atomic E-state index is -3.34. The van der Waals surface area contributed by atoms with Gasteiger partial charge in [0.2, 0.25) is 0 Å². The van der Waals surface area contributed by atoms with Crippen molar-refractivity contribution in [3.05, 3.63) is 59.4 Å². The molecule has 0 atom stereocenters. The first-order valence-corrected chi connectivity index (χ1v) is 8.04.